The van der Waals surface area contributed by atoms with Gasteiger partial charge in [-0.25, -0.2) is 4.98 Å². The highest BCUT2D eigenvalue weighted by atomic mass is 16.3. The molecule has 0 bridgehead atoms. The Morgan fingerprint density at radius 1 is 1.20 bits per heavy atom. The summed E-state index contributed by atoms with van der Waals surface area (Å²) in [4.78, 5) is 30.7. The SMILES string of the molecule is CCCCCC(=O)N(Cc1nc(C(=O)N[C@H](C)CC)co1)[C@H](C)CC. The number of carbonyl (C=O) groups excluding carboxylic acids is 2. The Balaban J connectivity index is 2.74. The first-order valence-electron chi connectivity index (χ1n) is 9.47. The van der Waals surface area contributed by atoms with E-state index < -0.39 is 0 Å². The summed E-state index contributed by atoms with van der Waals surface area (Å²) in [6, 6.07) is 0.197. The molecule has 1 heterocycles. The Bertz CT molecular complexity index is 542. The lowest BCUT2D eigenvalue weighted by molar-refractivity contribution is -0.134. The summed E-state index contributed by atoms with van der Waals surface area (Å²) in [5.74, 6) is 0.277. The number of aromatic nitrogens is 1. The van der Waals surface area contributed by atoms with E-state index in [9.17, 15) is 9.59 Å². The maximum absolute atomic E-state index is 12.5. The molecule has 0 fully saturated rings. The summed E-state index contributed by atoms with van der Waals surface area (Å²) in [6.07, 6.45) is 6.66. The highest BCUT2D eigenvalue weighted by molar-refractivity contribution is 5.92. The predicted octanol–water partition coefficient (Wildman–Crippen LogP) is 3.91. The van der Waals surface area contributed by atoms with Gasteiger partial charge in [-0.1, -0.05) is 33.6 Å². The van der Waals surface area contributed by atoms with E-state index in [-0.39, 0.29) is 29.6 Å². The second-order valence-electron chi connectivity index (χ2n) is 6.65. The first-order chi connectivity index (χ1) is 11.9. The molecular formula is C19H33N3O3. The Hall–Kier alpha value is -1.85. The van der Waals surface area contributed by atoms with Gasteiger partial charge in [0.05, 0.1) is 6.54 Å². The van der Waals surface area contributed by atoms with Gasteiger partial charge in [-0.3, -0.25) is 9.59 Å². The third-order valence-corrected chi connectivity index (χ3v) is 4.52. The van der Waals surface area contributed by atoms with Gasteiger partial charge in [0.25, 0.3) is 5.91 Å². The summed E-state index contributed by atoms with van der Waals surface area (Å²) < 4.78 is 5.44. The Morgan fingerprint density at radius 2 is 1.92 bits per heavy atom. The lowest BCUT2D eigenvalue weighted by atomic mass is 10.1. The zero-order chi connectivity index (χ0) is 18.8. The summed E-state index contributed by atoms with van der Waals surface area (Å²) in [6.45, 7) is 10.5. The normalized spacial score (nSPS) is 13.3. The fraction of sp³-hybridized carbons (Fsp3) is 0.737. The molecule has 0 aliphatic heterocycles. The molecule has 2 amide bonds. The number of carbonyl (C=O) groups is 2. The van der Waals surface area contributed by atoms with Crippen molar-refractivity contribution < 1.29 is 14.0 Å². The fourth-order valence-corrected chi connectivity index (χ4v) is 2.41. The van der Waals surface area contributed by atoms with Crippen LogP contribution in [0, 0.1) is 0 Å². The van der Waals surface area contributed by atoms with Crippen LogP contribution in [0.2, 0.25) is 0 Å². The van der Waals surface area contributed by atoms with E-state index in [1.54, 1.807) is 4.90 Å². The number of nitrogens with one attached hydrogen (secondary N) is 1. The number of rotatable bonds is 11. The van der Waals surface area contributed by atoms with E-state index in [1.807, 2.05) is 20.8 Å². The second kappa shape index (κ2) is 10.9. The smallest absolute Gasteiger partial charge is 0.273 e. The molecule has 0 unspecified atom stereocenters. The van der Waals surface area contributed by atoms with Crippen molar-refractivity contribution in [2.75, 3.05) is 0 Å². The molecule has 6 nitrogen and oxygen atoms in total. The Morgan fingerprint density at radius 3 is 2.52 bits per heavy atom. The molecule has 142 valence electrons. The summed E-state index contributed by atoms with van der Waals surface area (Å²) in [5, 5.41) is 2.86. The molecule has 2 atom stereocenters. The topological polar surface area (TPSA) is 75.4 Å². The maximum Gasteiger partial charge on any atom is 0.273 e. The summed E-state index contributed by atoms with van der Waals surface area (Å²) in [5.41, 5.74) is 0.262. The van der Waals surface area contributed by atoms with Crippen molar-refractivity contribution >= 4 is 11.8 Å². The maximum atomic E-state index is 12.5. The lowest BCUT2D eigenvalue weighted by Gasteiger charge is -2.27. The van der Waals surface area contributed by atoms with Crippen LogP contribution in [0.3, 0.4) is 0 Å². The van der Waals surface area contributed by atoms with Gasteiger partial charge in [-0.2, -0.15) is 0 Å². The van der Waals surface area contributed by atoms with E-state index in [0.717, 1.165) is 32.1 Å². The molecule has 0 aromatic carbocycles. The van der Waals surface area contributed by atoms with E-state index >= 15 is 0 Å². The highest BCUT2D eigenvalue weighted by Crippen LogP contribution is 2.14. The molecule has 0 spiro atoms. The van der Waals surface area contributed by atoms with E-state index in [1.165, 1.54) is 6.26 Å². The van der Waals surface area contributed by atoms with Crippen molar-refractivity contribution in [3.05, 3.63) is 17.8 Å². The summed E-state index contributed by atoms with van der Waals surface area (Å²) in [7, 11) is 0. The standard InChI is InChI=1S/C19H33N3O3/c1-6-9-10-11-18(23)22(15(5)8-3)12-17-21-16(13-25-17)19(24)20-14(4)7-2/h13-15H,6-12H2,1-5H3,(H,20,24)/t14-,15-/m1/s1. The number of hydrogen-bond donors (Lipinski definition) is 1. The minimum Gasteiger partial charge on any atom is -0.446 e. The second-order valence-corrected chi connectivity index (χ2v) is 6.65. The molecule has 1 N–H and O–H groups in total. The largest absolute Gasteiger partial charge is 0.446 e. The van der Waals surface area contributed by atoms with Gasteiger partial charge in [0, 0.05) is 18.5 Å². The van der Waals surface area contributed by atoms with Crippen molar-refractivity contribution in [1.29, 1.82) is 0 Å². The molecule has 0 saturated heterocycles. The van der Waals surface area contributed by atoms with Crippen LogP contribution in [0.15, 0.2) is 10.7 Å². The van der Waals surface area contributed by atoms with Gasteiger partial charge in [0.15, 0.2) is 5.69 Å². The molecule has 0 aliphatic rings. The van der Waals surface area contributed by atoms with Gasteiger partial charge in [-0.05, 0) is 33.1 Å². The average Bonchev–Trinajstić information content (AvgIpc) is 3.07. The van der Waals surface area contributed by atoms with Crippen LogP contribution >= 0.6 is 0 Å². The van der Waals surface area contributed by atoms with Crippen LogP contribution in [0.5, 0.6) is 0 Å². The average molecular weight is 351 g/mol. The van der Waals surface area contributed by atoms with Crippen molar-refractivity contribution in [3.8, 4) is 0 Å². The number of oxazole rings is 1. The van der Waals surface area contributed by atoms with E-state index in [4.69, 9.17) is 4.42 Å². The minimum atomic E-state index is -0.242. The number of unbranched alkanes of at least 4 members (excludes halogenated alkanes) is 2. The third-order valence-electron chi connectivity index (χ3n) is 4.52. The number of amides is 2. The quantitative estimate of drug-likeness (QED) is 0.613. The number of hydrogen-bond acceptors (Lipinski definition) is 4. The van der Waals surface area contributed by atoms with Crippen LogP contribution in [0.4, 0.5) is 0 Å². The van der Waals surface area contributed by atoms with Gasteiger partial charge in [-0.15, -0.1) is 0 Å². The first-order valence-corrected chi connectivity index (χ1v) is 9.47. The van der Waals surface area contributed by atoms with Crippen LogP contribution in [0.1, 0.15) is 89.5 Å². The number of nitrogens with zero attached hydrogens (tertiary/aromatic N) is 2. The van der Waals surface area contributed by atoms with Crippen molar-refractivity contribution in [3.63, 3.8) is 0 Å². The molecule has 0 aliphatic carbocycles. The zero-order valence-corrected chi connectivity index (χ0v) is 16.3. The van der Waals surface area contributed by atoms with Gasteiger partial charge < -0.3 is 14.6 Å². The summed E-state index contributed by atoms with van der Waals surface area (Å²) >= 11 is 0. The molecule has 1 aromatic heterocycles. The molecular weight excluding hydrogens is 318 g/mol. The van der Waals surface area contributed by atoms with Crippen LogP contribution in [-0.2, 0) is 11.3 Å². The van der Waals surface area contributed by atoms with Crippen LogP contribution in [-0.4, -0.2) is 33.8 Å². The monoisotopic (exact) mass is 351 g/mol. The van der Waals surface area contributed by atoms with Crippen LogP contribution < -0.4 is 5.32 Å². The Kier molecular flexibility index (Phi) is 9.24. The van der Waals surface area contributed by atoms with Gasteiger partial charge >= 0.3 is 0 Å². The molecule has 1 aromatic rings. The molecule has 1 rings (SSSR count). The minimum absolute atomic E-state index is 0.0874. The van der Waals surface area contributed by atoms with Crippen LogP contribution in [0.25, 0.3) is 0 Å². The molecule has 25 heavy (non-hydrogen) atoms. The van der Waals surface area contributed by atoms with Gasteiger partial charge in [0.1, 0.15) is 6.26 Å². The lowest BCUT2D eigenvalue weighted by Crippen LogP contribution is -2.37. The molecule has 6 heteroatoms. The zero-order valence-electron chi connectivity index (χ0n) is 16.3. The first kappa shape index (κ1) is 21.2. The fourth-order valence-electron chi connectivity index (χ4n) is 2.41. The molecule has 0 radical (unpaired) electrons. The van der Waals surface area contributed by atoms with Crippen molar-refractivity contribution in [1.82, 2.24) is 15.2 Å². The van der Waals surface area contributed by atoms with Crippen molar-refractivity contribution in [2.24, 2.45) is 0 Å². The Labute approximate surface area is 151 Å². The van der Waals surface area contributed by atoms with E-state index in [0.29, 0.717) is 18.9 Å². The third kappa shape index (κ3) is 6.88. The van der Waals surface area contributed by atoms with Gasteiger partial charge in [0.2, 0.25) is 11.8 Å². The van der Waals surface area contributed by atoms with E-state index in [2.05, 4.69) is 24.1 Å². The predicted molar refractivity (Wildman–Crippen MR) is 98.2 cm³/mol. The van der Waals surface area contributed by atoms with Crippen molar-refractivity contribution in [2.45, 2.75) is 91.8 Å². The molecule has 0 saturated carbocycles. The highest BCUT2D eigenvalue weighted by Gasteiger charge is 2.22.